The molecular weight excluding hydrogens is 305 g/mol. The zero-order chi connectivity index (χ0) is 13.1. The molecule has 0 bridgehead atoms. The van der Waals surface area contributed by atoms with Crippen molar-refractivity contribution >= 4 is 35.7 Å². The number of nitrogens with zero attached hydrogens (tertiary/aromatic N) is 2. The van der Waals surface area contributed by atoms with Crippen LogP contribution in [-0.2, 0) is 6.54 Å². The number of hydrogen-bond donors (Lipinski definition) is 1. The number of hydrogen-bond acceptors (Lipinski definition) is 3. The van der Waals surface area contributed by atoms with E-state index in [1.807, 2.05) is 7.05 Å². The van der Waals surface area contributed by atoms with Gasteiger partial charge in [-0.05, 0) is 38.6 Å². The van der Waals surface area contributed by atoms with Crippen LogP contribution in [0.3, 0.4) is 0 Å². The van der Waals surface area contributed by atoms with Gasteiger partial charge in [-0.3, -0.25) is 9.88 Å². The Labute approximate surface area is 138 Å². The van der Waals surface area contributed by atoms with Gasteiger partial charge in [0.2, 0.25) is 0 Å². The standard InChI is InChI=1S/C16H21N3.2ClH/c1-17-11-15-6-4-10-19(15)12-14-9-8-13-5-2-3-7-16(13)18-14;;/h2-3,5,7-9,15,17H,4,6,10-12H2,1H3;2*1H. The van der Waals surface area contributed by atoms with Crippen LogP contribution in [0.15, 0.2) is 36.4 Å². The Kier molecular flexibility index (Phi) is 7.40. The van der Waals surface area contributed by atoms with Crippen LogP contribution in [0.1, 0.15) is 18.5 Å². The second kappa shape index (κ2) is 8.54. The number of benzene rings is 1. The van der Waals surface area contributed by atoms with E-state index < -0.39 is 0 Å². The minimum absolute atomic E-state index is 0. The first kappa shape index (κ1) is 18.2. The van der Waals surface area contributed by atoms with Crippen LogP contribution in [0.2, 0.25) is 0 Å². The maximum Gasteiger partial charge on any atom is 0.0705 e. The molecule has 0 aliphatic carbocycles. The zero-order valence-electron chi connectivity index (χ0n) is 12.3. The fourth-order valence-electron chi connectivity index (χ4n) is 2.97. The van der Waals surface area contributed by atoms with Crippen LogP contribution in [-0.4, -0.2) is 36.1 Å². The molecule has 3 rings (SSSR count). The number of likely N-dealkylation sites (N-methyl/N-ethyl adjacent to an activating group) is 1. The van der Waals surface area contributed by atoms with Gasteiger partial charge < -0.3 is 5.32 Å². The van der Waals surface area contributed by atoms with Gasteiger partial charge in [-0.15, -0.1) is 24.8 Å². The summed E-state index contributed by atoms with van der Waals surface area (Å²) in [5.41, 5.74) is 2.28. The van der Waals surface area contributed by atoms with Gasteiger partial charge in [-0.25, -0.2) is 0 Å². The lowest BCUT2D eigenvalue weighted by Gasteiger charge is -2.23. The Bertz CT molecular complexity index is 562. The first-order chi connectivity index (χ1) is 9.36. The molecule has 1 aromatic heterocycles. The van der Waals surface area contributed by atoms with Crippen LogP contribution >= 0.6 is 24.8 Å². The Morgan fingerprint density at radius 2 is 2.00 bits per heavy atom. The second-order valence-electron chi connectivity index (χ2n) is 5.32. The normalized spacial score (nSPS) is 18.2. The maximum atomic E-state index is 4.77. The van der Waals surface area contributed by atoms with Crippen molar-refractivity contribution in [3.63, 3.8) is 0 Å². The summed E-state index contributed by atoms with van der Waals surface area (Å²) in [6.45, 7) is 3.24. The Balaban J connectivity index is 0.00000110. The molecular formula is C16H23Cl2N3. The van der Waals surface area contributed by atoms with Gasteiger partial charge in [0.25, 0.3) is 0 Å². The van der Waals surface area contributed by atoms with Gasteiger partial charge in [0, 0.05) is 24.5 Å². The highest BCUT2D eigenvalue weighted by molar-refractivity contribution is 5.85. The van der Waals surface area contributed by atoms with E-state index in [0.29, 0.717) is 6.04 Å². The highest BCUT2D eigenvalue weighted by Gasteiger charge is 2.23. The predicted octanol–water partition coefficient (Wildman–Crippen LogP) is 3.26. The maximum absolute atomic E-state index is 4.77. The Morgan fingerprint density at radius 1 is 1.19 bits per heavy atom. The summed E-state index contributed by atoms with van der Waals surface area (Å²) in [6, 6.07) is 13.3. The molecule has 2 aromatic rings. The van der Waals surface area contributed by atoms with Gasteiger partial charge >= 0.3 is 0 Å². The molecule has 1 aliphatic heterocycles. The molecule has 1 fully saturated rings. The van der Waals surface area contributed by atoms with Gasteiger partial charge in [0.15, 0.2) is 0 Å². The smallest absolute Gasteiger partial charge is 0.0705 e. The van der Waals surface area contributed by atoms with Crippen LogP contribution < -0.4 is 5.32 Å². The van der Waals surface area contributed by atoms with Crippen molar-refractivity contribution in [1.29, 1.82) is 0 Å². The number of fused-ring (bicyclic) bond motifs is 1. The van der Waals surface area contributed by atoms with E-state index >= 15 is 0 Å². The number of nitrogens with one attached hydrogen (secondary N) is 1. The van der Waals surface area contributed by atoms with Crippen molar-refractivity contribution < 1.29 is 0 Å². The lowest BCUT2D eigenvalue weighted by Crippen LogP contribution is -2.36. The molecule has 21 heavy (non-hydrogen) atoms. The molecule has 116 valence electrons. The number of aromatic nitrogens is 1. The SMILES string of the molecule is CNCC1CCCN1Cc1ccc2ccccc2n1.Cl.Cl. The lowest BCUT2D eigenvalue weighted by atomic mass is 10.2. The summed E-state index contributed by atoms with van der Waals surface area (Å²) in [6.07, 6.45) is 2.61. The zero-order valence-corrected chi connectivity index (χ0v) is 13.9. The number of pyridine rings is 1. The highest BCUT2D eigenvalue weighted by atomic mass is 35.5. The summed E-state index contributed by atoms with van der Waals surface area (Å²) < 4.78 is 0. The van der Waals surface area contributed by atoms with Gasteiger partial charge in [-0.1, -0.05) is 24.3 Å². The molecule has 2 heterocycles. The fraction of sp³-hybridized carbons (Fsp3) is 0.438. The molecule has 3 nitrogen and oxygen atoms in total. The number of para-hydroxylation sites is 1. The molecule has 0 radical (unpaired) electrons. The molecule has 0 saturated carbocycles. The van der Waals surface area contributed by atoms with E-state index in [0.717, 1.165) is 18.6 Å². The molecule has 0 spiro atoms. The summed E-state index contributed by atoms with van der Waals surface area (Å²) in [7, 11) is 2.03. The van der Waals surface area contributed by atoms with Crippen LogP contribution in [0, 0.1) is 0 Å². The van der Waals surface area contributed by atoms with Crippen molar-refractivity contribution in [3.8, 4) is 0 Å². The van der Waals surface area contributed by atoms with E-state index in [4.69, 9.17) is 4.98 Å². The molecule has 1 N–H and O–H groups in total. The summed E-state index contributed by atoms with van der Waals surface area (Å²) in [4.78, 5) is 7.32. The number of rotatable bonds is 4. The van der Waals surface area contributed by atoms with Crippen molar-refractivity contribution in [2.45, 2.75) is 25.4 Å². The van der Waals surface area contributed by atoms with Crippen LogP contribution in [0.4, 0.5) is 0 Å². The van der Waals surface area contributed by atoms with E-state index in [-0.39, 0.29) is 24.8 Å². The van der Waals surface area contributed by atoms with Gasteiger partial charge in [0.1, 0.15) is 0 Å². The molecule has 1 atom stereocenters. The lowest BCUT2D eigenvalue weighted by molar-refractivity contribution is 0.240. The molecule has 1 aliphatic rings. The summed E-state index contributed by atoms with van der Waals surface area (Å²) in [5, 5.41) is 4.51. The minimum Gasteiger partial charge on any atom is -0.318 e. The minimum atomic E-state index is 0. The summed E-state index contributed by atoms with van der Waals surface area (Å²) in [5.74, 6) is 0. The number of likely N-dealkylation sites (tertiary alicyclic amines) is 1. The van der Waals surface area contributed by atoms with E-state index in [1.54, 1.807) is 0 Å². The monoisotopic (exact) mass is 327 g/mol. The first-order valence-corrected chi connectivity index (χ1v) is 7.10. The topological polar surface area (TPSA) is 28.2 Å². The average Bonchev–Trinajstić information content (AvgIpc) is 2.86. The third-order valence-corrected chi connectivity index (χ3v) is 3.96. The average molecular weight is 328 g/mol. The van der Waals surface area contributed by atoms with Crippen molar-refractivity contribution in [2.75, 3.05) is 20.1 Å². The van der Waals surface area contributed by atoms with E-state index in [9.17, 15) is 0 Å². The Hall–Kier alpha value is -0.870. The highest BCUT2D eigenvalue weighted by Crippen LogP contribution is 2.20. The van der Waals surface area contributed by atoms with E-state index in [1.165, 1.54) is 30.5 Å². The van der Waals surface area contributed by atoms with Gasteiger partial charge in [-0.2, -0.15) is 0 Å². The second-order valence-corrected chi connectivity index (χ2v) is 5.32. The van der Waals surface area contributed by atoms with Crippen LogP contribution in [0.25, 0.3) is 10.9 Å². The first-order valence-electron chi connectivity index (χ1n) is 7.10. The van der Waals surface area contributed by atoms with Crippen molar-refractivity contribution in [3.05, 3.63) is 42.1 Å². The fourth-order valence-corrected chi connectivity index (χ4v) is 2.97. The van der Waals surface area contributed by atoms with Crippen LogP contribution in [0.5, 0.6) is 0 Å². The molecule has 1 saturated heterocycles. The number of halogens is 2. The molecule has 1 unspecified atom stereocenters. The van der Waals surface area contributed by atoms with Gasteiger partial charge in [0.05, 0.1) is 11.2 Å². The van der Waals surface area contributed by atoms with Crippen molar-refractivity contribution in [1.82, 2.24) is 15.2 Å². The quantitative estimate of drug-likeness (QED) is 0.934. The third kappa shape index (κ3) is 4.30. The van der Waals surface area contributed by atoms with E-state index in [2.05, 4.69) is 46.6 Å². The van der Waals surface area contributed by atoms with Crippen molar-refractivity contribution in [2.24, 2.45) is 0 Å². The third-order valence-electron chi connectivity index (χ3n) is 3.96. The summed E-state index contributed by atoms with van der Waals surface area (Å²) >= 11 is 0. The molecule has 5 heteroatoms. The molecule has 1 aromatic carbocycles. The largest absolute Gasteiger partial charge is 0.318 e. The Morgan fingerprint density at radius 3 is 2.81 bits per heavy atom. The predicted molar refractivity (Wildman–Crippen MR) is 93.6 cm³/mol. The molecule has 0 amide bonds.